The third-order valence-corrected chi connectivity index (χ3v) is 7.63. The van der Waals surface area contributed by atoms with Crippen LogP contribution >= 0.6 is 0 Å². The Labute approximate surface area is 202 Å². The summed E-state index contributed by atoms with van der Waals surface area (Å²) in [6, 6.07) is 19.4. The Balaban J connectivity index is 1.24. The highest BCUT2D eigenvalue weighted by molar-refractivity contribution is 7.90. The first-order valence-corrected chi connectivity index (χ1v) is 12.9. The first kappa shape index (κ1) is 21.5. The van der Waals surface area contributed by atoms with E-state index in [1.165, 1.54) is 6.07 Å². The maximum atomic E-state index is 12.9. The molecule has 2 aliphatic rings. The minimum Gasteiger partial charge on any atom is -0.436 e. The van der Waals surface area contributed by atoms with Crippen molar-refractivity contribution >= 4 is 44.2 Å². The molecule has 1 N–H and O–H groups in total. The minimum absolute atomic E-state index is 0.0714. The normalized spacial score (nSPS) is 16.7. The molecule has 2 aliphatic heterocycles. The average Bonchev–Trinajstić information content (AvgIpc) is 3.16. The number of amides is 1. The highest BCUT2D eigenvalue weighted by atomic mass is 32.2. The fraction of sp³-hybridized carbons (Fsp3) is 0.192. The molecule has 0 radical (unpaired) electrons. The Morgan fingerprint density at radius 1 is 0.971 bits per heavy atom. The molecule has 1 amide bonds. The number of amidine groups is 1. The fourth-order valence-corrected chi connectivity index (χ4v) is 5.80. The lowest BCUT2D eigenvalue weighted by atomic mass is 10.1. The van der Waals surface area contributed by atoms with Crippen LogP contribution in [-0.4, -0.2) is 31.7 Å². The van der Waals surface area contributed by atoms with Crippen LogP contribution in [0.4, 0.5) is 11.4 Å². The number of nitrogens with zero attached hydrogens (tertiary/aromatic N) is 3. The summed E-state index contributed by atoms with van der Waals surface area (Å²) in [7, 11) is -3.86. The Hall–Kier alpha value is -3.98. The van der Waals surface area contributed by atoms with Crippen molar-refractivity contribution in [3.63, 3.8) is 0 Å². The lowest BCUT2D eigenvalue weighted by molar-refractivity contribution is 0.102. The summed E-state index contributed by atoms with van der Waals surface area (Å²) < 4.78 is 35.5. The van der Waals surface area contributed by atoms with Gasteiger partial charge in [0.25, 0.3) is 15.9 Å². The smallest absolute Gasteiger partial charge is 0.286 e. The molecule has 1 saturated heterocycles. The van der Waals surface area contributed by atoms with Gasteiger partial charge in [0, 0.05) is 29.8 Å². The number of para-hydroxylation sites is 2. The van der Waals surface area contributed by atoms with Gasteiger partial charge in [-0.05, 0) is 67.4 Å². The number of carbonyl (C=O) groups excluding carboxylic acids is 1. The van der Waals surface area contributed by atoms with E-state index >= 15 is 0 Å². The molecule has 1 fully saturated rings. The summed E-state index contributed by atoms with van der Waals surface area (Å²) in [5.74, 6) is 0.687. The van der Waals surface area contributed by atoms with Crippen LogP contribution in [0, 0.1) is 0 Å². The largest absolute Gasteiger partial charge is 0.436 e. The van der Waals surface area contributed by atoms with Crippen molar-refractivity contribution in [2.24, 2.45) is 4.40 Å². The van der Waals surface area contributed by atoms with Gasteiger partial charge in [-0.15, -0.1) is 4.40 Å². The van der Waals surface area contributed by atoms with Crippen LogP contribution in [0.15, 0.2) is 80.4 Å². The zero-order valence-electron chi connectivity index (χ0n) is 18.8. The highest BCUT2D eigenvalue weighted by Gasteiger charge is 2.32. The van der Waals surface area contributed by atoms with Crippen molar-refractivity contribution in [2.75, 3.05) is 16.8 Å². The zero-order valence-corrected chi connectivity index (χ0v) is 19.6. The van der Waals surface area contributed by atoms with Crippen LogP contribution in [-0.2, 0) is 10.0 Å². The van der Waals surface area contributed by atoms with Gasteiger partial charge in [-0.3, -0.25) is 4.79 Å². The molecule has 0 bridgehead atoms. The molecule has 35 heavy (non-hydrogen) atoms. The van der Waals surface area contributed by atoms with Crippen molar-refractivity contribution in [3.05, 3.63) is 72.3 Å². The van der Waals surface area contributed by atoms with Crippen molar-refractivity contribution in [1.29, 1.82) is 0 Å². The number of rotatable bonds is 3. The molecule has 176 valence electrons. The molecule has 9 heteroatoms. The van der Waals surface area contributed by atoms with E-state index in [2.05, 4.69) is 14.7 Å². The van der Waals surface area contributed by atoms with Crippen LogP contribution < -0.4 is 10.2 Å². The molecule has 3 heterocycles. The second-order valence-corrected chi connectivity index (χ2v) is 10.2. The van der Waals surface area contributed by atoms with E-state index in [0.717, 1.165) is 36.9 Å². The monoisotopic (exact) mass is 486 g/mol. The van der Waals surface area contributed by atoms with Gasteiger partial charge in [0.05, 0.1) is 5.69 Å². The number of benzene rings is 3. The van der Waals surface area contributed by atoms with Gasteiger partial charge >= 0.3 is 0 Å². The van der Waals surface area contributed by atoms with E-state index in [4.69, 9.17) is 4.42 Å². The quantitative estimate of drug-likeness (QED) is 0.425. The molecule has 3 aromatic carbocycles. The Kier molecular flexibility index (Phi) is 5.14. The van der Waals surface area contributed by atoms with E-state index < -0.39 is 15.9 Å². The maximum absolute atomic E-state index is 12.9. The SMILES string of the molecule is O=C(Nc1ccc(-c2nc3ccccc3o2)cc1)c1ccc2c(c1)S(=O)(=O)N=C1CCCCCN12. The van der Waals surface area contributed by atoms with Crippen LogP contribution in [0.2, 0.25) is 0 Å². The van der Waals surface area contributed by atoms with Gasteiger partial charge in [0.15, 0.2) is 5.58 Å². The van der Waals surface area contributed by atoms with Gasteiger partial charge < -0.3 is 14.6 Å². The number of hydrogen-bond donors (Lipinski definition) is 1. The van der Waals surface area contributed by atoms with Gasteiger partial charge in [0.2, 0.25) is 5.89 Å². The van der Waals surface area contributed by atoms with E-state index in [-0.39, 0.29) is 10.5 Å². The van der Waals surface area contributed by atoms with E-state index in [0.29, 0.717) is 35.1 Å². The lowest BCUT2D eigenvalue weighted by Gasteiger charge is -2.29. The summed E-state index contributed by atoms with van der Waals surface area (Å²) in [6.45, 7) is 0.722. The molecular weight excluding hydrogens is 464 g/mol. The van der Waals surface area contributed by atoms with Crippen molar-refractivity contribution in [1.82, 2.24) is 4.98 Å². The fourth-order valence-electron chi connectivity index (χ4n) is 4.52. The van der Waals surface area contributed by atoms with Crippen molar-refractivity contribution in [2.45, 2.75) is 30.6 Å². The minimum atomic E-state index is -3.86. The van der Waals surface area contributed by atoms with Gasteiger partial charge in [-0.1, -0.05) is 18.6 Å². The molecule has 0 unspecified atom stereocenters. The summed E-state index contributed by atoms with van der Waals surface area (Å²) in [4.78, 5) is 19.5. The summed E-state index contributed by atoms with van der Waals surface area (Å²) >= 11 is 0. The topological polar surface area (TPSA) is 105 Å². The molecule has 0 atom stereocenters. The number of sulfonamides is 1. The Bertz CT molecular complexity index is 1560. The number of anilines is 2. The van der Waals surface area contributed by atoms with Gasteiger partial charge in [-0.2, -0.15) is 8.42 Å². The third-order valence-electron chi connectivity index (χ3n) is 6.29. The van der Waals surface area contributed by atoms with E-state index in [1.807, 2.05) is 41.3 Å². The van der Waals surface area contributed by atoms with E-state index in [9.17, 15) is 13.2 Å². The van der Waals surface area contributed by atoms with Crippen LogP contribution in [0.1, 0.15) is 36.0 Å². The Morgan fingerprint density at radius 3 is 2.63 bits per heavy atom. The third kappa shape index (κ3) is 3.97. The second-order valence-electron chi connectivity index (χ2n) is 8.65. The van der Waals surface area contributed by atoms with Crippen LogP contribution in [0.5, 0.6) is 0 Å². The number of oxazole rings is 1. The number of nitrogens with one attached hydrogen (secondary N) is 1. The average molecular weight is 487 g/mol. The zero-order chi connectivity index (χ0) is 24.0. The van der Waals surface area contributed by atoms with Crippen molar-refractivity contribution in [3.8, 4) is 11.5 Å². The summed E-state index contributed by atoms with van der Waals surface area (Å²) in [5, 5.41) is 2.83. The summed E-state index contributed by atoms with van der Waals surface area (Å²) in [6.07, 6.45) is 3.57. The van der Waals surface area contributed by atoms with Gasteiger partial charge in [-0.25, -0.2) is 4.98 Å². The summed E-state index contributed by atoms with van der Waals surface area (Å²) in [5.41, 5.74) is 3.69. The first-order valence-electron chi connectivity index (χ1n) is 11.5. The molecular formula is C26H22N4O4S. The molecule has 8 nitrogen and oxygen atoms in total. The Morgan fingerprint density at radius 2 is 1.80 bits per heavy atom. The first-order chi connectivity index (χ1) is 17.0. The maximum Gasteiger partial charge on any atom is 0.286 e. The molecule has 0 saturated carbocycles. The predicted molar refractivity (Wildman–Crippen MR) is 134 cm³/mol. The van der Waals surface area contributed by atoms with Crippen molar-refractivity contribution < 1.29 is 17.6 Å². The molecule has 1 aromatic heterocycles. The highest BCUT2D eigenvalue weighted by Crippen LogP contribution is 2.35. The number of carbonyl (C=O) groups is 1. The second kappa shape index (κ2) is 8.35. The van der Waals surface area contributed by atoms with Gasteiger partial charge in [0.1, 0.15) is 16.2 Å². The van der Waals surface area contributed by atoms with E-state index in [1.54, 1.807) is 24.3 Å². The lowest BCUT2D eigenvalue weighted by Crippen LogP contribution is -2.35. The molecule has 0 aliphatic carbocycles. The number of fused-ring (bicyclic) bond motifs is 4. The predicted octanol–water partition coefficient (Wildman–Crippen LogP) is 5.23. The molecule has 4 aromatic rings. The van der Waals surface area contributed by atoms with Crippen LogP contribution in [0.25, 0.3) is 22.6 Å². The standard InChI is InChI=1S/C26H22N4O4S/c31-25(27-19-12-9-17(10-13-19)26-28-20-6-3-4-7-22(20)34-26)18-11-14-21-23(16-18)35(32,33)29-24-8-2-1-5-15-30(21)24/h3-4,6-7,9-14,16H,1-2,5,8,15H2,(H,27,31). The molecule has 0 spiro atoms. The molecule has 6 rings (SSSR count). The number of hydrogen-bond acceptors (Lipinski definition) is 6. The van der Waals surface area contributed by atoms with Crippen LogP contribution in [0.3, 0.4) is 0 Å². The number of aromatic nitrogens is 1.